The van der Waals surface area contributed by atoms with Gasteiger partial charge in [-0.1, -0.05) is 0 Å². The Kier molecular flexibility index (Phi) is 4.86. The van der Waals surface area contributed by atoms with Crippen LogP contribution in [0.1, 0.15) is 6.92 Å². The van der Waals surface area contributed by atoms with E-state index >= 15 is 0 Å². The van der Waals surface area contributed by atoms with E-state index in [1.807, 2.05) is 6.92 Å². The van der Waals surface area contributed by atoms with Crippen LogP contribution in [-0.4, -0.2) is 40.2 Å². The van der Waals surface area contributed by atoms with Crippen LogP contribution in [0.4, 0.5) is 5.82 Å². The highest BCUT2D eigenvalue weighted by Crippen LogP contribution is 2.10. The molecule has 0 bridgehead atoms. The van der Waals surface area contributed by atoms with Gasteiger partial charge in [-0.25, -0.2) is 18.1 Å². The van der Waals surface area contributed by atoms with E-state index in [0.717, 1.165) is 0 Å². The maximum absolute atomic E-state index is 11.4. The fraction of sp³-hybridized carbons (Fsp3) is 0.500. The molecule has 0 spiro atoms. The molecule has 0 saturated heterocycles. The second-order valence-corrected chi connectivity index (χ2v) is 5.40. The second kappa shape index (κ2) is 5.95. The summed E-state index contributed by atoms with van der Waals surface area (Å²) in [5.41, 5.74) is 0. The van der Waals surface area contributed by atoms with Crippen molar-refractivity contribution in [3.05, 3.63) is 18.3 Å². The molecule has 0 aliphatic rings. The van der Waals surface area contributed by atoms with Gasteiger partial charge in [0, 0.05) is 19.9 Å². The van der Waals surface area contributed by atoms with E-state index in [-0.39, 0.29) is 11.0 Å². The van der Waals surface area contributed by atoms with E-state index in [1.165, 1.54) is 19.3 Å². The number of hydrogen-bond acceptors (Lipinski definition) is 5. The van der Waals surface area contributed by atoms with Crippen LogP contribution in [0.5, 0.6) is 0 Å². The van der Waals surface area contributed by atoms with Gasteiger partial charge in [0.25, 0.3) is 0 Å². The van der Waals surface area contributed by atoms with Gasteiger partial charge in [-0.15, -0.1) is 0 Å². The first-order valence-electron chi connectivity index (χ1n) is 5.16. The fourth-order valence-corrected chi connectivity index (χ4v) is 1.77. The van der Waals surface area contributed by atoms with Gasteiger partial charge in [0.05, 0.1) is 6.10 Å². The number of ether oxygens (including phenoxy) is 1. The van der Waals surface area contributed by atoms with Crippen molar-refractivity contribution in [2.24, 2.45) is 0 Å². The number of anilines is 1. The molecule has 0 aliphatic heterocycles. The lowest BCUT2D eigenvalue weighted by molar-refractivity contribution is 0.128. The van der Waals surface area contributed by atoms with Gasteiger partial charge in [0.15, 0.2) is 0 Å². The van der Waals surface area contributed by atoms with E-state index < -0.39 is 10.0 Å². The number of pyridine rings is 1. The highest BCUT2D eigenvalue weighted by molar-refractivity contribution is 7.89. The molecule has 1 atom stereocenters. The third kappa shape index (κ3) is 3.95. The van der Waals surface area contributed by atoms with Crippen molar-refractivity contribution in [1.82, 2.24) is 9.71 Å². The molecular formula is C10H17N3O3S. The molecule has 0 amide bonds. The molecule has 7 heteroatoms. The van der Waals surface area contributed by atoms with Gasteiger partial charge in [0.2, 0.25) is 10.0 Å². The highest BCUT2D eigenvalue weighted by Gasteiger charge is 2.11. The van der Waals surface area contributed by atoms with Crippen molar-refractivity contribution in [3.63, 3.8) is 0 Å². The smallest absolute Gasteiger partial charge is 0.241 e. The molecule has 17 heavy (non-hydrogen) atoms. The first kappa shape index (κ1) is 13.9. The van der Waals surface area contributed by atoms with Crippen LogP contribution < -0.4 is 10.0 Å². The molecule has 0 saturated carbocycles. The average molecular weight is 259 g/mol. The number of methoxy groups -OCH3 is 1. The van der Waals surface area contributed by atoms with E-state index in [9.17, 15) is 8.42 Å². The van der Waals surface area contributed by atoms with Crippen LogP contribution in [0, 0.1) is 0 Å². The van der Waals surface area contributed by atoms with Crippen LogP contribution in [0.2, 0.25) is 0 Å². The Labute approximate surface area is 101 Å². The van der Waals surface area contributed by atoms with Crippen molar-refractivity contribution in [2.45, 2.75) is 17.9 Å². The Balaban J connectivity index is 2.69. The monoisotopic (exact) mass is 259 g/mol. The van der Waals surface area contributed by atoms with E-state index in [2.05, 4.69) is 15.0 Å². The van der Waals surface area contributed by atoms with E-state index in [1.54, 1.807) is 13.2 Å². The summed E-state index contributed by atoms with van der Waals surface area (Å²) >= 11 is 0. The summed E-state index contributed by atoms with van der Waals surface area (Å²) in [5.74, 6) is 0.615. The lowest BCUT2D eigenvalue weighted by atomic mass is 10.4. The first-order valence-corrected chi connectivity index (χ1v) is 6.64. The Morgan fingerprint density at radius 2 is 2.18 bits per heavy atom. The van der Waals surface area contributed by atoms with E-state index in [0.29, 0.717) is 12.4 Å². The number of rotatable bonds is 6. The summed E-state index contributed by atoms with van der Waals surface area (Å²) in [7, 11) is -0.426. The van der Waals surface area contributed by atoms with Crippen molar-refractivity contribution in [1.29, 1.82) is 0 Å². The average Bonchev–Trinajstić information content (AvgIpc) is 2.36. The SMILES string of the molecule is CNS(=O)(=O)c1ccc(NCC(C)OC)nc1. The van der Waals surface area contributed by atoms with Crippen molar-refractivity contribution in [2.75, 3.05) is 26.0 Å². The fourth-order valence-electron chi connectivity index (χ4n) is 1.09. The summed E-state index contributed by atoms with van der Waals surface area (Å²) in [6.45, 7) is 2.54. The minimum absolute atomic E-state index is 0.0671. The number of aromatic nitrogens is 1. The molecule has 1 unspecified atom stereocenters. The zero-order valence-corrected chi connectivity index (χ0v) is 10.9. The number of sulfonamides is 1. The quantitative estimate of drug-likeness (QED) is 0.774. The standard InChI is InChI=1S/C10H17N3O3S/c1-8(16-3)6-12-10-5-4-9(7-13-10)17(14,15)11-2/h4-5,7-8,11H,6H2,1-3H3,(H,12,13). The van der Waals surface area contributed by atoms with Crippen LogP contribution in [-0.2, 0) is 14.8 Å². The Morgan fingerprint density at radius 1 is 1.47 bits per heavy atom. The summed E-state index contributed by atoms with van der Waals surface area (Å²) in [5, 5.41) is 3.04. The van der Waals surface area contributed by atoms with Gasteiger partial charge in [0.1, 0.15) is 10.7 Å². The van der Waals surface area contributed by atoms with Gasteiger partial charge >= 0.3 is 0 Å². The minimum atomic E-state index is -3.42. The van der Waals surface area contributed by atoms with Crippen LogP contribution >= 0.6 is 0 Å². The van der Waals surface area contributed by atoms with Crippen molar-refractivity contribution >= 4 is 15.8 Å². The lowest BCUT2D eigenvalue weighted by Gasteiger charge is -2.11. The van der Waals surface area contributed by atoms with Gasteiger partial charge in [-0.3, -0.25) is 0 Å². The van der Waals surface area contributed by atoms with Crippen molar-refractivity contribution in [3.8, 4) is 0 Å². The largest absolute Gasteiger partial charge is 0.380 e. The zero-order chi connectivity index (χ0) is 12.9. The molecular weight excluding hydrogens is 242 g/mol. The molecule has 1 aromatic heterocycles. The molecule has 1 aromatic rings. The lowest BCUT2D eigenvalue weighted by Crippen LogP contribution is -2.20. The number of hydrogen-bond donors (Lipinski definition) is 2. The van der Waals surface area contributed by atoms with E-state index in [4.69, 9.17) is 4.74 Å². The molecule has 1 rings (SSSR count). The second-order valence-electron chi connectivity index (χ2n) is 3.51. The summed E-state index contributed by atoms with van der Waals surface area (Å²) in [6, 6.07) is 3.12. The van der Waals surface area contributed by atoms with Gasteiger partial charge < -0.3 is 10.1 Å². The first-order chi connectivity index (χ1) is 7.99. The summed E-state index contributed by atoms with van der Waals surface area (Å²) in [4.78, 5) is 4.16. The molecule has 0 aromatic carbocycles. The predicted octanol–water partition coefficient (Wildman–Crippen LogP) is 0.436. The highest BCUT2D eigenvalue weighted by atomic mass is 32.2. The normalized spacial score (nSPS) is 13.4. The summed E-state index contributed by atoms with van der Waals surface area (Å²) < 4.78 is 30.2. The van der Waals surface area contributed by atoms with Gasteiger partial charge in [-0.2, -0.15) is 0 Å². The topological polar surface area (TPSA) is 80.3 Å². The van der Waals surface area contributed by atoms with Crippen LogP contribution in [0.3, 0.4) is 0 Å². The third-order valence-corrected chi connectivity index (χ3v) is 3.69. The Bertz CT molecular complexity index is 444. The molecule has 1 heterocycles. The predicted molar refractivity (Wildman–Crippen MR) is 65.4 cm³/mol. The maximum Gasteiger partial charge on any atom is 0.241 e. The van der Waals surface area contributed by atoms with Crippen molar-refractivity contribution < 1.29 is 13.2 Å². The summed E-state index contributed by atoms with van der Waals surface area (Å²) in [6.07, 6.45) is 1.38. The molecule has 0 fully saturated rings. The molecule has 96 valence electrons. The van der Waals surface area contributed by atoms with Crippen LogP contribution in [0.15, 0.2) is 23.2 Å². The number of nitrogens with one attached hydrogen (secondary N) is 2. The van der Waals surface area contributed by atoms with Crippen LogP contribution in [0.25, 0.3) is 0 Å². The number of nitrogens with zero attached hydrogens (tertiary/aromatic N) is 1. The molecule has 2 N–H and O–H groups in total. The molecule has 0 aliphatic carbocycles. The third-order valence-electron chi connectivity index (χ3n) is 2.29. The minimum Gasteiger partial charge on any atom is -0.380 e. The molecule has 0 radical (unpaired) electrons. The molecule has 6 nitrogen and oxygen atoms in total. The Morgan fingerprint density at radius 3 is 2.65 bits per heavy atom. The Hall–Kier alpha value is -1.18. The zero-order valence-electron chi connectivity index (χ0n) is 10.1. The maximum atomic E-state index is 11.4. The van der Waals surface area contributed by atoms with Gasteiger partial charge in [-0.05, 0) is 26.1 Å².